The van der Waals surface area contributed by atoms with E-state index in [0.29, 0.717) is 0 Å². The molecule has 130 valence electrons. The van der Waals surface area contributed by atoms with Gasteiger partial charge in [-0.05, 0) is 6.92 Å². The molecule has 1 aliphatic rings. The van der Waals surface area contributed by atoms with Crippen LogP contribution in [0.2, 0.25) is 0 Å². The zero-order valence-electron chi connectivity index (χ0n) is 12.8. The first-order valence-corrected chi connectivity index (χ1v) is 7.25. The molecule has 0 bridgehead atoms. The average Bonchev–Trinajstić information content (AvgIpc) is 2.98. The molecule has 0 amide bonds. The fourth-order valence-corrected chi connectivity index (χ4v) is 2.83. The lowest BCUT2D eigenvalue weighted by Gasteiger charge is -2.12. The number of Topliss-reactive ketones (excluding diaryl/α,β-unsaturated/α-hetero) is 1. The number of aliphatic hydroxyl groups excluding tert-OH is 3. The summed E-state index contributed by atoms with van der Waals surface area (Å²) >= 11 is 0. The normalized spacial score (nSPS) is 27.0. The smallest absolute Gasteiger partial charge is 0.313 e. The summed E-state index contributed by atoms with van der Waals surface area (Å²) in [6, 6.07) is 0. The summed E-state index contributed by atoms with van der Waals surface area (Å²) < 4.78 is 8.12. The van der Waals surface area contributed by atoms with Gasteiger partial charge in [-0.1, -0.05) is 4.98 Å². The van der Waals surface area contributed by atoms with Gasteiger partial charge in [-0.2, -0.15) is 0 Å². The standard InChI is InChI=1S/C13H17N5O6/c1-5(20)2-17-4-18(10-7(17)11(23)16-13(14)15-10)12-9(22)8(21)6(3-19)24-12/h4,6,8-9,12,19,21-22H,2-3H2,1H3,(H2-,14,15,16,23)/p+1/t6-,8-,9-,12-/m1/s1. The van der Waals surface area contributed by atoms with Crippen molar-refractivity contribution in [2.75, 3.05) is 12.3 Å². The molecular weight excluding hydrogens is 322 g/mol. The van der Waals surface area contributed by atoms with Gasteiger partial charge in [0, 0.05) is 0 Å². The topological polar surface area (TPSA) is 168 Å². The second-order valence-corrected chi connectivity index (χ2v) is 5.70. The molecule has 1 aliphatic heterocycles. The van der Waals surface area contributed by atoms with Crippen molar-refractivity contribution < 1.29 is 29.4 Å². The van der Waals surface area contributed by atoms with Gasteiger partial charge in [-0.3, -0.25) is 14.6 Å². The molecule has 0 radical (unpaired) electrons. The molecule has 11 nitrogen and oxygen atoms in total. The van der Waals surface area contributed by atoms with Crippen LogP contribution in [0.1, 0.15) is 13.2 Å². The summed E-state index contributed by atoms with van der Waals surface area (Å²) in [6.45, 7) is 0.784. The van der Waals surface area contributed by atoms with E-state index in [0.717, 1.165) is 0 Å². The van der Waals surface area contributed by atoms with E-state index in [2.05, 4.69) is 9.97 Å². The van der Waals surface area contributed by atoms with Gasteiger partial charge in [0.05, 0.1) is 6.61 Å². The van der Waals surface area contributed by atoms with Crippen molar-refractivity contribution in [3.8, 4) is 0 Å². The number of ketones is 1. The number of carbonyl (C=O) groups excluding carboxylic acids is 1. The first-order chi connectivity index (χ1) is 11.3. The molecule has 6 N–H and O–H groups in total. The van der Waals surface area contributed by atoms with E-state index in [4.69, 9.17) is 10.5 Å². The lowest BCUT2D eigenvalue weighted by atomic mass is 10.1. The van der Waals surface area contributed by atoms with Crippen LogP contribution >= 0.6 is 0 Å². The summed E-state index contributed by atoms with van der Waals surface area (Å²) in [5, 5.41) is 29.3. The molecule has 2 aromatic rings. The van der Waals surface area contributed by atoms with E-state index < -0.39 is 36.7 Å². The van der Waals surface area contributed by atoms with E-state index in [1.165, 1.54) is 22.4 Å². The quantitative estimate of drug-likeness (QED) is 0.362. The summed E-state index contributed by atoms with van der Waals surface area (Å²) in [4.78, 5) is 30.0. The lowest BCUT2D eigenvalue weighted by Crippen LogP contribution is -2.46. The summed E-state index contributed by atoms with van der Waals surface area (Å²) in [5.74, 6) is -0.343. The van der Waals surface area contributed by atoms with Crippen LogP contribution in [0.4, 0.5) is 5.95 Å². The summed E-state index contributed by atoms with van der Waals surface area (Å²) in [7, 11) is 0. The molecule has 0 aliphatic carbocycles. The Morgan fingerprint density at radius 1 is 1.50 bits per heavy atom. The Balaban J connectivity index is 2.18. The zero-order chi connectivity index (χ0) is 17.6. The van der Waals surface area contributed by atoms with Gasteiger partial charge in [0.15, 0.2) is 12.1 Å². The lowest BCUT2D eigenvalue weighted by molar-refractivity contribution is -0.745. The second kappa shape index (κ2) is 5.94. The molecule has 3 rings (SSSR count). The van der Waals surface area contributed by atoms with Crippen LogP contribution in [-0.4, -0.2) is 60.6 Å². The number of H-pyrrole nitrogens is 1. The van der Waals surface area contributed by atoms with Gasteiger partial charge in [-0.25, -0.2) is 9.13 Å². The van der Waals surface area contributed by atoms with E-state index in [9.17, 15) is 24.9 Å². The van der Waals surface area contributed by atoms with Crippen LogP contribution in [0.15, 0.2) is 11.1 Å². The Morgan fingerprint density at radius 3 is 2.79 bits per heavy atom. The van der Waals surface area contributed by atoms with Crippen LogP contribution in [-0.2, 0) is 16.1 Å². The molecule has 3 heterocycles. The monoisotopic (exact) mass is 340 g/mol. The SMILES string of the molecule is CC(=O)Cn1c[n+]([C@@H]2O[C@H](CO)[C@@H](O)[C@H]2O)c2nc(N)[nH]c(=O)c21. The van der Waals surface area contributed by atoms with Crippen molar-refractivity contribution in [1.29, 1.82) is 0 Å². The number of hydrogen-bond acceptors (Lipinski definition) is 8. The van der Waals surface area contributed by atoms with Gasteiger partial charge in [-0.15, -0.1) is 0 Å². The average molecular weight is 340 g/mol. The van der Waals surface area contributed by atoms with Gasteiger partial charge in [0.2, 0.25) is 11.7 Å². The van der Waals surface area contributed by atoms with Crippen LogP contribution < -0.4 is 15.9 Å². The Hall–Kier alpha value is -2.34. The minimum Gasteiger partial charge on any atom is -0.394 e. The Labute approximate surface area is 134 Å². The number of aromatic nitrogens is 4. The van der Waals surface area contributed by atoms with Gasteiger partial charge >= 0.3 is 5.65 Å². The van der Waals surface area contributed by atoms with Crippen molar-refractivity contribution in [2.45, 2.75) is 38.0 Å². The predicted octanol–water partition coefficient (Wildman–Crippen LogP) is -3.21. The van der Waals surface area contributed by atoms with Crippen LogP contribution in [0.3, 0.4) is 0 Å². The number of anilines is 1. The zero-order valence-corrected chi connectivity index (χ0v) is 12.8. The summed E-state index contributed by atoms with van der Waals surface area (Å²) in [6.07, 6.45) is -3.36. The first-order valence-electron chi connectivity index (χ1n) is 7.25. The number of imidazole rings is 1. The minimum atomic E-state index is -1.36. The number of nitrogen functional groups attached to an aromatic ring is 1. The summed E-state index contributed by atoms with van der Waals surface area (Å²) in [5.41, 5.74) is 5.19. The van der Waals surface area contributed by atoms with Crippen LogP contribution in [0, 0.1) is 0 Å². The highest BCUT2D eigenvalue weighted by atomic mass is 16.6. The molecule has 24 heavy (non-hydrogen) atoms. The fraction of sp³-hybridized carbons (Fsp3) is 0.538. The number of aromatic amines is 1. The predicted molar refractivity (Wildman–Crippen MR) is 78.7 cm³/mol. The number of carbonyl (C=O) groups is 1. The second-order valence-electron chi connectivity index (χ2n) is 5.70. The number of fused-ring (bicyclic) bond motifs is 1. The Morgan fingerprint density at radius 2 is 2.21 bits per heavy atom. The molecular formula is C13H18N5O6+. The van der Waals surface area contributed by atoms with E-state index >= 15 is 0 Å². The molecule has 11 heteroatoms. The van der Waals surface area contributed by atoms with Gasteiger partial charge in [0.25, 0.3) is 11.5 Å². The highest BCUT2D eigenvalue weighted by Crippen LogP contribution is 2.26. The first kappa shape index (κ1) is 16.5. The fourth-order valence-electron chi connectivity index (χ4n) is 2.83. The van der Waals surface area contributed by atoms with E-state index in [1.807, 2.05) is 0 Å². The highest BCUT2D eigenvalue weighted by Gasteiger charge is 2.46. The van der Waals surface area contributed by atoms with Crippen molar-refractivity contribution in [2.24, 2.45) is 0 Å². The number of ether oxygens (including phenoxy) is 1. The van der Waals surface area contributed by atoms with E-state index in [-0.39, 0.29) is 29.4 Å². The molecule has 0 aromatic carbocycles. The molecule has 1 saturated heterocycles. The van der Waals surface area contributed by atoms with Gasteiger partial charge in [0.1, 0.15) is 24.9 Å². The third-order valence-corrected chi connectivity index (χ3v) is 3.87. The maximum absolute atomic E-state index is 12.2. The molecule has 0 spiro atoms. The minimum absolute atomic E-state index is 0.0807. The molecule has 2 aromatic heterocycles. The largest absolute Gasteiger partial charge is 0.394 e. The Bertz CT molecular complexity index is 845. The highest BCUT2D eigenvalue weighted by molar-refractivity contribution is 5.77. The molecule has 1 fully saturated rings. The van der Waals surface area contributed by atoms with Crippen molar-refractivity contribution in [1.82, 2.24) is 14.5 Å². The number of rotatable bonds is 4. The number of hydrogen-bond donors (Lipinski definition) is 5. The molecule has 0 saturated carbocycles. The number of nitrogens with zero attached hydrogens (tertiary/aromatic N) is 3. The third-order valence-electron chi connectivity index (χ3n) is 3.87. The maximum Gasteiger partial charge on any atom is 0.313 e. The van der Waals surface area contributed by atoms with Gasteiger partial charge < -0.3 is 25.8 Å². The van der Waals surface area contributed by atoms with E-state index in [1.54, 1.807) is 0 Å². The third kappa shape index (κ3) is 2.57. The number of nitrogens with two attached hydrogens (primary N) is 1. The number of nitrogens with one attached hydrogen (secondary N) is 1. The van der Waals surface area contributed by atoms with Crippen molar-refractivity contribution in [3.05, 3.63) is 16.7 Å². The van der Waals surface area contributed by atoms with Crippen LogP contribution in [0.25, 0.3) is 11.2 Å². The Kier molecular flexibility index (Phi) is 4.09. The van der Waals surface area contributed by atoms with Crippen LogP contribution in [0.5, 0.6) is 0 Å². The maximum atomic E-state index is 12.2. The van der Waals surface area contributed by atoms with Crippen molar-refractivity contribution in [3.63, 3.8) is 0 Å². The van der Waals surface area contributed by atoms with Crippen molar-refractivity contribution >= 4 is 22.9 Å². The molecule has 0 unspecified atom stereocenters. The number of aliphatic hydroxyl groups is 3. The molecule has 4 atom stereocenters.